The standard InChI is InChI=1S/C12H7BrF4N2/c13-5-3-7(15)11(8(16)4-5)19-12-9(18)2-1-6(14)10(12)17/h1-4,19H,18H2. The summed E-state index contributed by atoms with van der Waals surface area (Å²) in [7, 11) is 0. The third-order valence-corrected chi connectivity index (χ3v) is 2.84. The number of rotatable bonds is 2. The van der Waals surface area contributed by atoms with Crippen molar-refractivity contribution in [3.8, 4) is 0 Å². The number of halogens is 5. The van der Waals surface area contributed by atoms with Crippen LogP contribution in [-0.4, -0.2) is 0 Å². The Labute approximate surface area is 114 Å². The summed E-state index contributed by atoms with van der Waals surface area (Å²) < 4.78 is 53.9. The van der Waals surface area contributed by atoms with Gasteiger partial charge >= 0.3 is 0 Å². The molecule has 0 saturated heterocycles. The maximum absolute atomic E-state index is 13.6. The van der Waals surface area contributed by atoms with E-state index in [1.165, 1.54) is 0 Å². The first-order valence-electron chi connectivity index (χ1n) is 5.05. The van der Waals surface area contributed by atoms with Crippen molar-refractivity contribution in [2.75, 3.05) is 11.1 Å². The summed E-state index contributed by atoms with van der Waals surface area (Å²) in [6.45, 7) is 0. The number of hydrogen-bond donors (Lipinski definition) is 2. The minimum Gasteiger partial charge on any atom is -0.397 e. The van der Waals surface area contributed by atoms with Crippen LogP contribution in [0.25, 0.3) is 0 Å². The van der Waals surface area contributed by atoms with Gasteiger partial charge in [0, 0.05) is 4.47 Å². The monoisotopic (exact) mass is 334 g/mol. The highest BCUT2D eigenvalue weighted by molar-refractivity contribution is 9.10. The summed E-state index contributed by atoms with van der Waals surface area (Å²) >= 11 is 2.91. The van der Waals surface area contributed by atoms with Gasteiger partial charge < -0.3 is 11.1 Å². The van der Waals surface area contributed by atoms with Crippen LogP contribution in [0.15, 0.2) is 28.7 Å². The largest absolute Gasteiger partial charge is 0.397 e. The molecule has 2 aromatic rings. The predicted molar refractivity (Wildman–Crippen MR) is 68.1 cm³/mol. The molecule has 0 aliphatic rings. The number of nitrogens with two attached hydrogens (primary N) is 1. The lowest BCUT2D eigenvalue weighted by molar-refractivity contribution is 0.511. The molecule has 2 nitrogen and oxygen atoms in total. The van der Waals surface area contributed by atoms with Gasteiger partial charge in [0.2, 0.25) is 0 Å². The summed E-state index contributed by atoms with van der Waals surface area (Å²) in [6, 6.07) is 3.89. The van der Waals surface area contributed by atoms with E-state index in [9.17, 15) is 17.6 Å². The zero-order valence-corrected chi connectivity index (χ0v) is 10.9. The molecule has 2 aromatic carbocycles. The molecule has 3 N–H and O–H groups in total. The van der Waals surface area contributed by atoms with Crippen LogP contribution < -0.4 is 11.1 Å². The second-order valence-corrected chi connectivity index (χ2v) is 4.61. The van der Waals surface area contributed by atoms with Crippen LogP contribution in [0.3, 0.4) is 0 Å². The van der Waals surface area contributed by atoms with E-state index >= 15 is 0 Å². The second-order valence-electron chi connectivity index (χ2n) is 3.70. The Morgan fingerprint density at radius 3 is 2.05 bits per heavy atom. The fourth-order valence-corrected chi connectivity index (χ4v) is 1.88. The molecule has 100 valence electrons. The van der Waals surface area contributed by atoms with Crippen LogP contribution in [-0.2, 0) is 0 Å². The molecule has 19 heavy (non-hydrogen) atoms. The fourth-order valence-electron chi connectivity index (χ4n) is 1.48. The Bertz CT molecular complexity index is 623. The lowest BCUT2D eigenvalue weighted by Crippen LogP contribution is -2.04. The smallest absolute Gasteiger partial charge is 0.184 e. The Balaban J connectivity index is 2.51. The van der Waals surface area contributed by atoms with Crippen LogP contribution in [0.2, 0.25) is 0 Å². The van der Waals surface area contributed by atoms with E-state index in [0.29, 0.717) is 0 Å². The zero-order chi connectivity index (χ0) is 14.2. The average molecular weight is 335 g/mol. The average Bonchev–Trinajstić information content (AvgIpc) is 2.32. The number of nitrogen functional groups attached to an aromatic ring is 1. The van der Waals surface area contributed by atoms with Gasteiger partial charge in [-0.05, 0) is 24.3 Å². The SMILES string of the molecule is Nc1ccc(F)c(F)c1Nc1c(F)cc(Br)cc1F. The van der Waals surface area contributed by atoms with Crippen molar-refractivity contribution in [2.45, 2.75) is 0 Å². The lowest BCUT2D eigenvalue weighted by Gasteiger charge is -2.12. The first kappa shape index (κ1) is 13.7. The molecule has 0 unspecified atom stereocenters. The Hall–Kier alpha value is -1.76. The van der Waals surface area contributed by atoms with Gasteiger partial charge in [0.1, 0.15) is 11.4 Å². The van der Waals surface area contributed by atoms with E-state index in [2.05, 4.69) is 21.2 Å². The van der Waals surface area contributed by atoms with Crippen molar-refractivity contribution in [1.29, 1.82) is 0 Å². The van der Waals surface area contributed by atoms with Crippen LogP contribution in [0.5, 0.6) is 0 Å². The lowest BCUT2D eigenvalue weighted by atomic mass is 10.2. The highest BCUT2D eigenvalue weighted by Crippen LogP contribution is 2.31. The maximum atomic E-state index is 13.6. The molecular formula is C12H7BrF4N2. The van der Waals surface area contributed by atoms with Crippen molar-refractivity contribution in [3.05, 3.63) is 52.0 Å². The van der Waals surface area contributed by atoms with Gasteiger partial charge in [-0.1, -0.05) is 15.9 Å². The predicted octanol–water partition coefficient (Wildman–Crippen LogP) is 4.33. The summed E-state index contributed by atoms with van der Waals surface area (Å²) in [5.74, 6) is -4.40. The number of nitrogens with one attached hydrogen (secondary N) is 1. The van der Waals surface area contributed by atoms with Crippen LogP contribution in [0.1, 0.15) is 0 Å². The minimum atomic E-state index is -1.30. The van der Waals surface area contributed by atoms with Gasteiger partial charge in [-0.25, -0.2) is 17.6 Å². The van der Waals surface area contributed by atoms with Crippen molar-refractivity contribution >= 4 is 33.0 Å². The second kappa shape index (κ2) is 5.08. The number of benzene rings is 2. The van der Waals surface area contributed by atoms with Gasteiger partial charge in [0.05, 0.1) is 5.69 Å². The molecular weight excluding hydrogens is 328 g/mol. The normalized spacial score (nSPS) is 10.6. The summed E-state index contributed by atoms with van der Waals surface area (Å²) in [4.78, 5) is 0. The fraction of sp³-hybridized carbons (Fsp3) is 0. The van der Waals surface area contributed by atoms with E-state index < -0.39 is 34.6 Å². The van der Waals surface area contributed by atoms with Crippen molar-refractivity contribution in [1.82, 2.24) is 0 Å². The van der Waals surface area contributed by atoms with Crippen LogP contribution >= 0.6 is 15.9 Å². The molecule has 0 atom stereocenters. The van der Waals surface area contributed by atoms with Gasteiger partial charge in [0.25, 0.3) is 0 Å². The Morgan fingerprint density at radius 2 is 1.47 bits per heavy atom. The number of anilines is 3. The minimum absolute atomic E-state index is 0.166. The molecule has 0 aromatic heterocycles. The molecule has 0 radical (unpaired) electrons. The Kier molecular flexibility index (Phi) is 3.66. The highest BCUT2D eigenvalue weighted by Gasteiger charge is 2.17. The number of hydrogen-bond acceptors (Lipinski definition) is 2. The maximum Gasteiger partial charge on any atom is 0.184 e. The zero-order valence-electron chi connectivity index (χ0n) is 9.28. The topological polar surface area (TPSA) is 38.0 Å². The van der Waals surface area contributed by atoms with Gasteiger partial charge in [-0.2, -0.15) is 0 Å². The van der Waals surface area contributed by atoms with Crippen LogP contribution in [0.4, 0.5) is 34.6 Å². The van der Waals surface area contributed by atoms with Gasteiger partial charge in [0.15, 0.2) is 23.3 Å². The first-order valence-corrected chi connectivity index (χ1v) is 5.84. The molecule has 7 heteroatoms. The van der Waals surface area contributed by atoms with E-state index in [1.807, 2.05) is 0 Å². The quantitative estimate of drug-likeness (QED) is 0.633. The first-order chi connectivity index (χ1) is 8.90. The van der Waals surface area contributed by atoms with Crippen molar-refractivity contribution < 1.29 is 17.6 Å². The van der Waals surface area contributed by atoms with E-state index in [4.69, 9.17) is 5.73 Å². The summed E-state index contributed by atoms with van der Waals surface area (Å²) in [5, 5.41) is 2.13. The van der Waals surface area contributed by atoms with Crippen molar-refractivity contribution in [3.63, 3.8) is 0 Å². The molecule has 2 rings (SSSR count). The highest BCUT2D eigenvalue weighted by atomic mass is 79.9. The molecule has 0 saturated carbocycles. The molecule has 0 amide bonds. The molecule has 0 aliphatic carbocycles. The molecule has 0 fully saturated rings. The summed E-state index contributed by atoms with van der Waals surface area (Å²) in [6.07, 6.45) is 0. The molecule has 0 bridgehead atoms. The van der Waals surface area contributed by atoms with Gasteiger partial charge in [-0.3, -0.25) is 0 Å². The van der Waals surface area contributed by atoms with Crippen molar-refractivity contribution in [2.24, 2.45) is 0 Å². The third kappa shape index (κ3) is 2.65. The third-order valence-electron chi connectivity index (χ3n) is 2.38. The Morgan fingerprint density at radius 1 is 0.895 bits per heavy atom. The molecule has 0 heterocycles. The van der Waals surface area contributed by atoms with E-state index in [0.717, 1.165) is 24.3 Å². The van der Waals surface area contributed by atoms with E-state index in [1.54, 1.807) is 0 Å². The van der Waals surface area contributed by atoms with Gasteiger partial charge in [-0.15, -0.1) is 0 Å². The van der Waals surface area contributed by atoms with E-state index in [-0.39, 0.29) is 10.2 Å². The van der Waals surface area contributed by atoms with Crippen LogP contribution in [0, 0.1) is 23.3 Å². The summed E-state index contributed by atoms with van der Waals surface area (Å²) in [5.41, 5.74) is 4.15. The molecule has 0 spiro atoms. The molecule has 0 aliphatic heterocycles.